The van der Waals surface area contributed by atoms with Crippen LogP contribution in [0.1, 0.15) is 5.56 Å². The van der Waals surface area contributed by atoms with Crippen molar-refractivity contribution in [2.24, 2.45) is 0 Å². The van der Waals surface area contributed by atoms with Crippen LogP contribution in [0.2, 0.25) is 0 Å². The topological polar surface area (TPSA) is 116 Å². The normalized spacial score (nSPS) is 11.0. The van der Waals surface area contributed by atoms with E-state index in [0.717, 1.165) is 3.97 Å². The molecular weight excluding hydrogens is 453 g/mol. The SMILES string of the molecule is CNC(=O)COc1cccc(S(=O)(=O)n2cc(COC(=O)NC)cc2-c2ccccc2F)c1. The first-order chi connectivity index (χ1) is 15.8. The van der Waals surface area contributed by atoms with Crippen LogP contribution < -0.4 is 15.4 Å². The second-order valence-corrected chi connectivity index (χ2v) is 8.59. The monoisotopic (exact) mass is 475 g/mol. The molecule has 33 heavy (non-hydrogen) atoms. The van der Waals surface area contributed by atoms with Crippen LogP contribution in [0.3, 0.4) is 0 Å². The Balaban J connectivity index is 2.04. The molecule has 0 aliphatic carbocycles. The number of aromatic nitrogens is 1. The molecule has 0 radical (unpaired) electrons. The Hall–Kier alpha value is -3.86. The number of carbonyl (C=O) groups excluding carboxylic acids is 2. The first-order valence-corrected chi connectivity index (χ1v) is 11.2. The Morgan fingerprint density at radius 2 is 1.79 bits per heavy atom. The van der Waals surface area contributed by atoms with Crippen molar-refractivity contribution < 1.29 is 31.9 Å². The maximum Gasteiger partial charge on any atom is 0.407 e. The molecular formula is C22H22FN3O6S. The molecule has 0 bridgehead atoms. The number of hydrogen-bond donors (Lipinski definition) is 2. The summed E-state index contributed by atoms with van der Waals surface area (Å²) in [5.74, 6) is -0.827. The molecule has 3 aromatic rings. The van der Waals surface area contributed by atoms with Gasteiger partial charge in [0.05, 0.1) is 10.6 Å². The van der Waals surface area contributed by atoms with Gasteiger partial charge < -0.3 is 20.1 Å². The van der Waals surface area contributed by atoms with E-state index < -0.39 is 21.9 Å². The van der Waals surface area contributed by atoms with E-state index >= 15 is 0 Å². The lowest BCUT2D eigenvalue weighted by atomic mass is 10.1. The molecule has 0 aliphatic heterocycles. The fraction of sp³-hybridized carbons (Fsp3) is 0.182. The number of amides is 2. The first-order valence-electron chi connectivity index (χ1n) is 9.76. The smallest absolute Gasteiger partial charge is 0.407 e. The predicted octanol–water partition coefficient (Wildman–Crippen LogP) is 2.51. The second kappa shape index (κ2) is 10.2. The molecule has 2 aromatic carbocycles. The van der Waals surface area contributed by atoms with Gasteiger partial charge in [0.15, 0.2) is 6.61 Å². The highest BCUT2D eigenvalue weighted by Crippen LogP contribution is 2.30. The molecule has 0 unspecified atom stereocenters. The number of benzene rings is 2. The van der Waals surface area contributed by atoms with Gasteiger partial charge in [-0.1, -0.05) is 18.2 Å². The summed E-state index contributed by atoms with van der Waals surface area (Å²) in [5.41, 5.74) is 0.451. The van der Waals surface area contributed by atoms with E-state index in [2.05, 4.69) is 10.6 Å². The average Bonchev–Trinajstić information content (AvgIpc) is 3.26. The zero-order valence-corrected chi connectivity index (χ0v) is 18.7. The third-order valence-corrected chi connectivity index (χ3v) is 6.25. The average molecular weight is 475 g/mol. The largest absolute Gasteiger partial charge is 0.484 e. The summed E-state index contributed by atoms with van der Waals surface area (Å²) >= 11 is 0. The van der Waals surface area contributed by atoms with Crippen LogP contribution in [-0.4, -0.2) is 45.1 Å². The molecule has 11 heteroatoms. The lowest BCUT2D eigenvalue weighted by molar-refractivity contribution is -0.122. The van der Waals surface area contributed by atoms with Gasteiger partial charge in [-0.05, 0) is 30.3 Å². The van der Waals surface area contributed by atoms with E-state index in [1.54, 1.807) is 6.07 Å². The molecule has 0 aliphatic rings. The first kappa shape index (κ1) is 23.8. The molecule has 9 nitrogen and oxygen atoms in total. The maximum absolute atomic E-state index is 14.5. The summed E-state index contributed by atoms with van der Waals surface area (Å²) in [4.78, 5) is 22.7. The van der Waals surface area contributed by atoms with Crippen molar-refractivity contribution in [1.82, 2.24) is 14.6 Å². The van der Waals surface area contributed by atoms with Gasteiger partial charge in [0.25, 0.3) is 15.9 Å². The molecule has 1 heterocycles. The quantitative estimate of drug-likeness (QED) is 0.517. The molecule has 3 rings (SSSR count). The Labute approximate surface area is 190 Å². The van der Waals surface area contributed by atoms with Crippen molar-refractivity contribution in [3.05, 3.63) is 72.2 Å². The molecule has 0 spiro atoms. The van der Waals surface area contributed by atoms with Gasteiger partial charge >= 0.3 is 6.09 Å². The summed E-state index contributed by atoms with van der Waals surface area (Å²) in [7, 11) is -1.37. The molecule has 0 atom stereocenters. The summed E-state index contributed by atoms with van der Waals surface area (Å²) in [6.07, 6.45) is 0.567. The van der Waals surface area contributed by atoms with Gasteiger partial charge in [0.2, 0.25) is 0 Å². The lowest BCUT2D eigenvalue weighted by Gasteiger charge is -2.12. The predicted molar refractivity (Wildman–Crippen MR) is 118 cm³/mol. The number of likely N-dealkylation sites (N-methyl/N-ethyl adjacent to an activating group) is 1. The van der Waals surface area contributed by atoms with Crippen LogP contribution in [0.15, 0.2) is 65.7 Å². The van der Waals surface area contributed by atoms with Gasteiger partial charge in [-0.2, -0.15) is 0 Å². The third-order valence-electron chi connectivity index (χ3n) is 4.58. The summed E-state index contributed by atoms with van der Waals surface area (Å²) in [6.45, 7) is -0.510. The number of nitrogens with zero attached hydrogens (tertiary/aromatic N) is 1. The van der Waals surface area contributed by atoms with E-state index in [-0.39, 0.29) is 41.0 Å². The standard InChI is InChI=1S/C22H22FN3O6S/c1-24-21(27)14-31-16-6-5-7-17(11-16)33(29,30)26-12-15(13-32-22(28)25-2)10-20(26)18-8-3-4-9-19(18)23/h3-12H,13-14H2,1-2H3,(H,24,27)(H,25,28). The van der Waals surface area contributed by atoms with E-state index in [1.165, 1.54) is 68.8 Å². The van der Waals surface area contributed by atoms with Crippen molar-refractivity contribution in [3.63, 3.8) is 0 Å². The highest BCUT2D eigenvalue weighted by molar-refractivity contribution is 7.90. The molecule has 0 fully saturated rings. The van der Waals surface area contributed by atoms with Gasteiger partial charge in [0.1, 0.15) is 18.2 Å². The molecule has 0 saturated heterocycles. The Morgan fingerprint density at radius 1 is 1.03 bits per heavy atom. The summed E-state index contributed by atoms with van der Waals surface area (Å²) in [5, 5.41) is 4.70. The van der Waals surface area contributed by atoms with Gasteiger partial charge in [-0.25, -0.2) is 21.6 Å². The van der Waals surface area contributed by atoms with E-state index in [0.29, 0.717) is 5.56 Å². The minimum atomic E-state index is -4.21. The minimum Gasteiger partial charge on any atom is -0.484 e. The van der Waals surface area contributed by atoms with Crippen LogP contribution in [-0.2, 0) is 26.2 Å². The van der Waals surface area contributed by atoms with Crippen LogP contribution in [0.4, 0.5) is 9.18 Å². The number of alkyl carbamates (subject to hydrolysis) is 1. The molecule has 0 saturated carbocycles. The van der Waals surface area contributed by atoms with E-state index in [4.69, 9.17) is 9.47 Å². The Morgan fingerprint density at radius 3 is 2.48 bits per heavy atom. The van der Waals surface area contributed by atoms with Crippen molar-refractivity contribution >= 4 is 22.0 Å². The maximum atomic E-state index is 14.5. The summed E-state index contributed by atoms with van der Waals surface area (Å²) < 4.78 is 52.8. The van der Waals surface area contributed by atoms with Gasteiger partial charge in [-0.15, -0.1) is 0 Å². The van der Waals surface area contributed by atoms with Crippen LogP contribution in [0.25, 0.3) is 11.3 Å². The number of carbonyl (C=O) groups is 2. The van der Waals surface area contributed by atoms with Crippen molar-refractivity contribution in [2.75, 3.05) is 20.7 Å². The van der Waals surface area contributed by atoms with Gasteiger partial charge in [0, 0.05) is 37.5 Å². The third kappa shape index (κ3) is 5.50. The fourth-order valence-electron chi connectivity index (χ4n) is 2.92. The van der Waals surface area contributed by atoms with Crippen LogP contribution >= 0.6 is 0 Å². The molecule has 1 aromatic heterocycles. The van der Waals surface area contributed by atoms with Crippen LogP contribution in [0, 0.1) is 5.82 Å². The lowest BCUT2D eigenvalue weighted by Crippen LogP contribution is -2.24. The minimum absolute atomic E-state index is 0.0549. The zero-order valence-electron chi connectivity index (χ0n) is 17.9. The molecule has 2 N–H and O–H groups in total. The van der Waals surface area contributed by atoms with Gasteiger partial charge in [-0.3, -0.25) is 4.79 Å². The van der Waals surface area contributed by atoms with Crippen molar-refractivity contribution in [1.29, 1.82) is 0 Å². The highest BCUT2D eigenvalue weighted by atomic mass is 32.2. The molecule has 174 valence electrons. The number of nitrogens with one attached hydrogen (secondary N) is 2. The fourth-order valence-corrected chi connectivity index (χ4v) is 4.35. The highest BCUT2D eigenvalue weighted by Gasteiger charge is 2.24. The number of rotatable bonds is 8. The van der Waals surface area contributed by atoms with E-state index in [1.807, 2.05) is 0 Å². The number of hydrogen-bond acceptors (Lipinski definition) is 6. The number of ether oxygens (including phenoxy) is 2. The van der Waals surface area contributed by atoms with Crippen molar-refractivity contribution in [3.8, 4) is 17.0 Å². The zero-order chi connectivity index (χ0) is 24.0. The number of halogens is 1. The Bertz CT molecular complexity index is 1270. The second-order valence-electron chi connectivity index (χ2n) is 6.78. The van der Waals surface area contributed by atoms with Crippen LogP contribution in [0.5, 0.6) is 5.75 Å². The summed E-state index contributed by atoms with van der Waals surface area (Å²) in [6, 6.07) is 12.8. The van der Waals surface area contributed by atoms with Crippen molar-refractivity contribution in [2.45, 2.75) is 11.5 Å². The molecule has 2 amide bonds. The Kier molecular flexibility index (Phi) is 7.34. The van der Waals surface area contributed by atoms with E-state index in [9.17, 15) is 22.4 Å².